The molecule has 11 heteroatoms. The molecule has 1 aromatic rings. The largest absolute Gasteiger partial charge is 0.302 e. The van der Waals surface area contributed by atoms with Crippen LogP contribution in [0.2, 0.25) is 0 Å². The number of unbranched alkanes of at least 4 members (excludes halogenated alkanes) is 1. The smallest absolute Gasteiger partial charge is 0.224 e. The fourth-order valence-corrected chi connectivity index (χ4v) is 7.29. The Labute approximate surface area is 204 Å². The first-order chi connectivity index (χ1) is 16.0. The van der Waals surface area contributed by atoms with E-state index in [1.165, 1.54) is 22.8 Å². The van der Waals surface area contributed by atoms with E-state index >= 15 is 0 Å². The lowest BCUT2D eigenvalue weighted by atomic mass is 10.1. The average molecular weight is 515 g/mol. The van der Waals surface area contributed by atoms with Crippen LogP contribution in [-0.2, 0) is 24.7 Å². The number of sulfone groups is 1. The molecule has 0 saturated carbocycles. The van der Waals surface area contributed by atoms with Gasteiger partial charge in [0.05, 0.1) is 11.8 Å². The first-order valence-corrected chi connectivity index (χ1v) is 15.2. The van der Waals surface area contributed by atoms with Crippen LogP contribution >= 0.6 is 0 Å². The number of carbonyl (C=O) groups is 1. The van der Waals surface area contributed by atoms with Gasteiger partial charge in [-0.1, -0.05) is 19.1 Å². The van der Waals surface area contributed by atoms with E-state index in [-0.39, 0.29) is 18.3 Å². The zero-order chi connectivity index (χ0) is 25.4. The Kier molecular flexibility index (Phi) is 10.8. The molecule has 3 unspecified atom stereocenters. The molecule has 1 saturated heterocycles. The van der Waals surface area contributed by atoms with Gasteiger partial charge in [0.2, 0.25) is 10.0 Å². The minimum atomic E-state index is -3.72. The van der Waals surface area contributed by atoms with Crippen molar-refractivity contribution in [3.8, 4) is 0 Å². The third-order valence-electron chi connectivity index (χ3n) is 6.28. The highest BCUT2D eigenvalue weighted by Gasteiger charge is 2.37. The SMILES string of the molecule is C=CC(c1cccnc1)S(=O)(=O)N1CCN(CCCCN(CC)C(C)CS(C)(=O)=O)C(C=O)C1. The Balaban J connectivity index is 1.92. The molecule has 1 aliphatic rings. The van der Waals surface area contributed by atoms with Gasteiger partial charge >= 0.3 is 0 Å². The van der Waals surface area contributed by atoms with Crippen LogP contribution in [0.1, 0.15) is 37.5 Å². The maximum absolute atomic E-state index is 13.3. The standard InChI is InChI=1S/C23H38N4O5S2/c1-5-23(21-10-9-11-24-16-21)34(31,32)27-15-14-26(22(17-27)18-28)13-8-7-12-25(6-2)20(3)19-33(4,29)30/h5,9-11,16,18,20,22-23H,1,6-8,12-15,17,19H2,2-4H3. The summed E-state index contributed by atoms with van der Waals surface area (Å²) in [4.78, 5) is 20.0. The average Bonchev–Trinajstić information content (AvgIpc) is 2.78. The van der Waals surface area contributed by atoms with Gasteiger partial charge in [-0.05, 0) is 51.0 Å². The van der Waals surface area contributed by atoms with E-state index in [2.05, 4.69) is 16.5 Å². The van der Waals surface area contributed by atoms with Crippen LogP contribution in [0.25, 0.3) is 0 Å². The van der Waals surface area contributed by atoms with Gasteiger partial charge < -0.3 is 4.79 Å². The lowest BCUT2D eigenvalue weighted by Crippen LogP contribution is -2.56. The van der Waals surface area contributed by atoms with Gasteiger partial charge in [-0.25, -0.2) is 16.8 Å². The van der Waals surface area contributed by atoms with Crippen molar-refractivity contribution >= 4 is 26.1 Å². The topological polar surface area (TPSA) is 108 Å². The zero-order valence-corrected chi connectivity index (χ0v) is 22.0. The molecule has 192 valence electrons. The minimum absolute atomic E-state index is 0.0471. The van der Waals surface area contributed by atoms with E-state index < -0.39 is 31.2 Å². The molecule has 0 radical (unpaired) electrons. The van der Waals surface area contributed by atoms with Crippen molar-refractivity contribution in [3.63, 3.8) is 0 Å². The summed E-state index contributed by atoms with van der Waals surface area (Å²) < 4.78 is 51.1. The molecule has 0 aromatic carbocycles. The van der Waals surface area contributed by atoms with E-state index in [0.29, 0.717) is 25.2 Å². The molecule has 1 fully saturated rings. The van der Waals surface area contributed by atoms with Crippen LogP contribution in [-0.4, -0.2) is 106 Å². The third kappa shape index (κ3) is 7.94. The summed E-state index contributed by atoms with van der Waals surface area (Å²) in [7, 11) is -6.76. The number of pyridine rings is 1. The van der Waals surface area contributed by atoms with Crippen LogP contribution in [0.15, 0.2) is 37.2 Å². The predicted octanol–water partition coefficient (Wildman–Crippen LogP) is 1.36. The predicted molar refractivity (Wildman–Crippen MR) is 135 cm³/mol. The second-order valence-electron chi connectivity index (χ2n) is 8.86. The number of hydrogen-bond donors (Lipinski definition) is 0. The first-order valence-electron chi connectivity index (χ1n) is 11.7. The summed E-state index contributed by atoms with van der Waals surface area (Å²) in [6.45, 7) is 10.8. The number of hydrogen-bond acceptors (Lipinski definition) is 8. The fourth-order valence-electron chi connectivity index (χ4n) is 4.46. The number of piperazine rings is 1. The Morgan fingerprint density at radius 3 is 2.56 bits per heavy atom. The number of nitrogens with zero attached hydrogens (tertiary/aromatic N) is 4. The molecule has 0 spiro atoms. The molecular formula is C23H38N4O5S2. The summed E-state index contributed by atoms with van der Waals surface area (Å²) in [5.74, 6) is 0.134. The molecule has 1 aromatic heterocycles. The molecule has 9 nitrogen and oxygen atoms in total. The Hall–Kier alpha value is -1.66. The van der Waals surface area contributed by atoms with E-state index in [4.69, 9.17) is 0 Å². The molecule has 0 amide bonds. The first kappa shape index (κ1) is 28.6. The molecule has 2 rings (SSSR count). The monoisotopic (exact) mass is 514 g/mol. The molecule has 1 aliphatic heterocycles. The van der Waals surface area contributed by atoms with E-state index in [1.54, 1.807) is 18.3 Å². The van der Waals surface area contributed by atoms with Crippen molar-refractivity contribution in [1.29, 1.82) is 0 Å². The highest BCUT2D eigenvalue weighted by atomic mass is 32.2. The Morgan fingerprint density at radius 2 is 2.00 bits per heavy atom. The van der Waals surface area contributed by atoms with Gasteiger partial charge in [0.25, 0.3) is 0 Å². The van der Waals surface area contributed by atoms with Gasteiger partial charge in [-0.2, -0.15) is 4.31 Å². The van der Waals surface area contributed by atoms with E-state index in [0.717, 1.165) is 32.2 Å². The maximum atomic E-state index is 13.3. The summed E-state index contributed by atoms with van der Waals surface area (Å²) in [6.07, 6.45) is 8.29. The van der Waals surface area contributed by atoms with Gasteiger partial charge in [-0.3, -0.25) is 14.8 Å². The van der Waals surface area contributed by atoms with Gasteiger partial charge in [0, 0.05) is 44.3 Å². The zero-order valence-electron chi connectivity index (χ0n) is 20.4. The van der Waals surface area contributed by atoms with Crippen molar-refractivity contribution in [2.24, 2.45) is 0 Å². The highest BCUT2D eigenvalue weighted by molar-refractivity contribution is 7.90. The van der Waals surface area contributed by atoms with Crippen molar-refractivity contribution in [1.82, 2.24) is 19.1 Å². The Morgan fingerprint density at radius 1 is 1.26 bits per heavy atom. The van der Waals surface area contributed by atoms with Crippen molar-refractivity contribution < 1.29 is 21.6 Å². The minimum Gasteiger partial charge on any atom is -0.302 e. The van der Waals surface area contributed by atoms with Crippen LogP contribution in [0, 0.1) is 0 Å². The van der Waals surface area contributed by atoms with Gasteiger partial charge in [0.1, 0.15) is 21.4 Å². The highest BCUT2D eigenvalue weighted by Crippen LogP contribution is 2.28. The number of aldehydes is 1. The quantitative estimate of drug-likeness (QED) is 0.208. The number of sulfonamides is 1. The van der Waals surface area contributed by atoms with Crippen molar-refractivity contribution in [3.05, 3.63) is 42.7 Å². The molecule has 0 bridgehead atoms. The molecule has 3 atom stereocenters. The van der Waals surface area contributed by atoms with Crippen molar-refractivity contribution in [2.75, 3.05) is 51.3 Å². The lowest BCUT2D eigenvalue weighted by molar-refractivity contribution is -0.113. The summed E-state index contributed by atoms with van der Waals surface area (Å²) in [5.41, 5.74) is 0.549. The second kappa shape index (κ2) is 12.9. The normalized spacial score (nSPS) is 20.2. The molecular weight excluding hydrogens is 476 g/mol. The van der Waals surface area contributed by atoms with Crippen LogP contribution < -0.4 is 0 Å². The molecule has 34 heavy (non-hydrogen) atoms. The van der Waals surface area contributed by atoms with E-state index in [1.807, 2.05) is 18.7 Å². The lowest BCUT2D eigenvalue weighted by Gasteiger charge is -2.39. The number of aromatic nitrogens is 1. The molecule has 0 N–H and O–H groups in total. The van der Waals surface area contributed by atoms with Crippen molar-refractivity contribution in [2.45, 2.75) is 44.0 Å². The number of rotatable bonds is 14. The molecule has 0 aliphatic carbocycles. The fraction of sp³-hybridized carbons (Fsp3) is 0.652. The van der Waals surface area contributed by atoms with Gasteiger partial charge in [0.15, 0.2) is 0 Å². The summed E-state index contributed by atoms with van der Waals surface area (Å²) in [6, 6.07) is 2.85. The second-order valence-corrected chi connectivity index (χ2v) is 13.1. The Bertz CT molecular complexity index is 1000. The van der Waals surface area contributed by atoms with Crippen LogP contribution in [0.5, 0.6) is 0 Å². The van der Waals surface area contributed by atoms with Gasteiger partial charge in [-0.15, -0.1) is 6.58 Å². The summed E-state index contributed by atoms with van der Waals surface area (Å²) in [5, 5.41) is -0.908. The van der Waals surface area contributed by atoms with Crippen LogP contribution in [0.3, 0.4) is 0 Å². The molecule has 2 heterocycles. The third-order valence-corrected chi connectivity index (χ3v) is 9.52. The van der Waals surface area contributed by atoms with E-state index in [9.17, 15) is 21.6 Å². The maximum Gasteiger partial charge on any atom is 0.224 e. The summed E-state index contributed by atoms with van der Waals surface area (Å²) >= 11 is 0. The number of carbonyl (C=O) groups excluding carboxylic acids is 1. The van der Waals surface area contributed by atoms with Crippen LogP contribution in [0.4, 0.5) is 0 Å².